The Hall–Kier alpha value is -2.07. The minimum absolute atomic E-state index is 0.168. The van der Waals surface area contributed by atoms with Crippen LogP contribution in [0.2, 0.25) is 0 Å². The Kier molecular flexibility index (Phi) is 2.51. The Bertz CT molecular complexity index is 492. The van der Waals surface area contributed by atoms with E-state index in [1.807, 2.05) is 30.3 Å². The highest BCUT2D eigenvalue weighted by atomic mass is 16.1. The molecule has 0 fully saturated rings. The fraction of sp³-hybridized carbons (Fsp3) is 0. The summed E-state index contributed by atoms with van der Waals surface area (Å²) in [6.45, 7) is 0. The van der Waals surface area contributed by atoms with Gasteiger partial charge in [0.05, 0.1) is 11.4 Å². The minimum Gasteiger partial charge on any atom is -0.329 e. The summed E-state index contributed by atoms with van der Waals surface area (Å²) in [6.07, 6.45) is 1.57. The Morgan fingerprint density at radius 2 is 1.80 bits per heavy atom. The first-order valence-electron chi connectivity index (χ1n) is 4.56. The number of rotatable bonds is 2. The zero-order valence-electron chi connectivity index (χ0n) is 8.05. The maximum Gasteiger partial charge on any atom is 0.250 e. The lowest BCUT2D eigenvalue weighted by Crippen LogP contribution is -2.26. The monoisotopic (exact) mass is 201 g/mol. The number of H-pyrrole nitrogens is 1. The first-order valence-corrected chi connectivity index (χ1v) is 4.56. The predicted octanol–water partition coefficient (Wildman–Crippen LogP) is 1.39. The van der Waals surface area contributed by atoms with Gasteiger partial charge in [-0.25, -0.2) is 5.84 Å². The molecule has 0 aliphatic carbocycles. The predicted molar refractivity (Wildman–Crippen MR) is 59.8 cm³/mol. The second kappa shape index (κ2) is 3.98. The van der Waals surface area contributed by atoms with Gasteiger partial charge in [0, 0.05) is 12.3 Å². The molecule has 0 aliphatic heterocycles. The Labute approximate surface area is 86.9 Å². The molecule has 1 heterocycles. The number of hydrogen-bond acceptors (Lipinski definition) is 3. The van der Waals surface area contributed by atoms with Gasteiger partial charge in [-0.3, -0.25) is 9.80 Å². The van der Waals surface area contributed by atoms with Gasteiger partial charge in [0.2, 0.25) is 5.56 Å². The molecule has 0 atom stereocenters. The topological polar surface area (TPSA) is 62.1 Å². The molecule has 0 amide bonds. The highest BCUT2D eigenvalue weighted by Gasteiger charge is 2.03. The van der Waals surface area contributed by atoms with Crippen LogP contribution in [0.25, 0.3) is 0 Å². The highest BCUT2D eigenvalue weighted by Crippen LogP contribution is 2.18. The van der Waals surface area contributed by atoms with Crippen LogP contribution in [0.15, 0.2) is 53.5 Å². The van der Waals surface area contributed by atoms with Gasteiger partial charge in [0.25, 0.3) is 0 Å². The Morgan fingerprint density at radius 3 is 2.47 bits per heavy atom. The van der Waals surface area contributed by atoms with Crippen LogP contribution in [0, 0.1) is 0 Å². The SMILES string of the molecule is NN(c1ccccc1)c1cc[nH]c(=O)c1. The molecule has 2 aromatic rings. The molecule has 0 saturated carbocycles. The standard InChI is InChI=1S/C11H11N3O/c12-14(9-4-2-1-3-5-9)10-6-7-13-11(15)8-10/h1-8H,12H2,(H,13,15). The average Bonchev–Trinajstić information content (AvgIpc) is 2.29. The van der Waals surface area contributed by atoms with E-state index >= 15 is 0 Å². The van der Waals surface area contributed by atoms with E-state index in [0.717, 1.165) is 5.69 Å². The summed E-state index contributed by atoms with van der Waals surface area (Å²) in [5, 5.41) is 1.47. The van der Waals surface area contributed by atoms with E-state index < -0.39 is 0 Å². The second-order valence-corrected chi connectivity index (χ2v) is 3.12. The van der Waals surface area contributed by atoms with Gasteiger partial charge in [0.15, 0.2) is 0 Å². The number of nitrogens with zero attached hydrogens (tertiary/aromatic N) is 1. The van der Waals surface area contributed by atoms with Crippen molar-refractivity contribution >= 4 is 11.4 Å². The van der Waals surface area contributed by atoms with Gasteiger partial charge in [-0.1, -0.05) is 18.2 Å². The number of nitrogens with one attached hydrogen (secondary N) is 1. The maximum absolute atomic E-state index is 11.1. The lowest BCUT2D eigenvalue weighted by Gasteiger charge is -2.17. The summed E-state index contributed by atoms with van der Waals surface area (Å²) in [6, 6.07) is 12.6. The van der Waals surface area contributed by atoms with Crippen LogP contribution in [0.1, 0.15) is 0 Å². The van der Waals surface area contributed by atoms with Crippen LogP contribution in [-0.2, 0) is 0 Å². The van der Waals surface area contributed by atoms with Gasteiger partial charge in [0.1, 0.15) is 0 Å². The molecule has 4 nitrogen and oxygen atoms in total. The number of para-hydroxylation sites is 1. The molecule has 0 saturated heterocycles. The minimum atomic E-state index is -0.168. The van der Waals surface area contributed by atoms with Crippen LogP contribution in [-0.4, -0.2) is 4.98 Å². The number of aromatic amines is 1. The normalized spacial score (nSPS) is 9.93. The van der Waals surface area contributed by atoms with E-state index in [0.29, 0.717) is 5.69 Å². The number of benzene rings is 1. The number of hydrogen-bond donors (Lipinski definition) is 2. The first-order chi connectivity index (χ1) is 7.27. The molecule has 4 heteroatoms. The van der Waals surface area contributed by atoms with Crippen LogP contribution in [0.5, 0.6) is 0 Å². The van der Waals surface area contributed by atoms with Gasteiger partial charge in [-0.05, 0) is 18.2 Å². The molecular formula is C11H11N3O. The molecular weight excluding hydrogens is 190 g/mol. The van der Waals surface area contributed by atoms with Crippen LogP contribution in [0.3, 0.4) is 0 Å². The fourth-order valence-corrected chi connectivity index (χ4v) is 1.32. The lowest BCUT2D eigenvalue weighted by atomic mass is 10.3. The molecule has 0 bridgehead atoms. The van der Waals surface area contributed by atoms with E-state index in [1.54, 1.807) is 12.3 Å². The number of anilines is 2. The number of pyridine rings is 1. The quantitative estimate of drug-likeness (QED) is 0.570. The zero-order valence-corrected chi connectivity index (χ0v) is 8.05. The largest absolute Gasteiger partial charge is 0.329 e. The van der Waals surface area contributed by atoms with Crippen molar-refractivity contribution in [3.63, 3.8) is 0 Å². The van der Waals surface area contributed by atoms with Crippen molar-refractivity contribution in [1.82, 2.24) is 4.98 Å². The molecule has 2 rings (SSSR count). The summed E-state index contributed by atoms with van der Waals surface area (Å²) in [7, 11) is 0. The van der Waals surface area contributed by atoms with Crippen molar-refractivity contribution in [2.75, 3.05) is 5.01 Å². The highest BCUT2D eigenvalue weighted by molar-refractivity contribution is 5.60. The molecule has 3 N–H and O–H groups in total. The van der Waals surface area contributed by atoms with Gasteiger partial charge < -0.3 is 4.98 Å². The number of nitrogens with two attached hydrogens (primary N) is 1. The van der Waals surface area contributed by atoms with Crippen molar-refractivity contribution in [1.29, 1.82) is 0 Å². The van der Waals surface area contributed by atoms with Crippen LogP contribution in [0.4, 0.5) is 11.4 Å². The molecule has 0 radical (unpaired) electrons. The van der Waals surface area contributed by atoms with Crippen molar-refractivity contribution in [2.45, 2.75) is 0 Å². The maximum atomic E-state index is 11.1. The summed E-state index contributed by atoms with van der Waals surface area (Å²) >= 11 is 0. The number of hydrazine groups is 1. The third kappa shape index (κ3) is 2.05. The van der Waals surface area contributed by atoms with Crippen LogP contribution >= 0.6 is 0 Å². The van der Waals surface area contributed by atoms with Crippen LogP contribution < -0.4 is 16.4 Å². The van der Waals surface area contributed by atoms with E-state index in [4.69, 9.17) is 5.84 Å². The van der Waals surface area contributed by atoms with Crippen molar-refractivity contribution in [2.24, 2.45) is 5.84 Å². The zero-order chi connectivity index (χ0) is 10.7. The third-order valence-corrected chi connectivity index (χ3v) is 2.07. The molecule has 76 valence electrons. The Morgan fingerprint density at radius 1 is 1.07 bits per heavy atom. The van der Waals surface area contributed by atoms with Gasteiger partial charge in [-0.15, -0.1) is 0 Å². The molecule has 1 aromatic carbocycles. The van der Waals surface area contributed by atoms with Gasteiger partial charge in [-0.2, -0.15) is 0 Å². The summed E-state index contributed by atoms with van der Waals surface area (Å²) in [5.74, 6) is 5.87. The van der Waals surface area contributed by atoms with Crippen molar-refractivity contribution < 1.29 is 0 Å². The third-order valence-electron chi connectivity index (χ3n) is 2.07. The fourth-order valence-electron chi connectivity index (χ4n) is 1.32. The summed E-state index contributed by atoms with van der Waals surface area (Å²) in [5.41, 5.74) is 1.33. The average molecular weight is 201 g/mol. The van der Waals surface area contributed by atoms with E-state index in [1.165, 1.54) is 11.1 Å². The molecule has 15 heavy (non-hydrogen) atoms. The van der Waals surface area contributed by atoms with Crippen molar-refractivity contribution in [3.05, 3.63) is 59.0 Å². The summed E-state index contributed by atoms with van der Waals surface area (Å²) < 4.78 is 0. The molecule has 0 spiro atoms. The summed E-state index contributed by atoms with van der Waals surface area (Å²) in [4.78, 5) is 13.6. The van der Waals surface area contributed by atoms with Crippen molar-refractivity contribution in [3.8, 4) is 0 Å². The van der Waals surface area contributed by atoms with E-state index in [9.17, 15) is 4.79 Å². The Balaban J connectivity index is 2.37. The molecule has 1 aromatic heterocycles. The number of aromatic nitrogens is 1. The molecule has 0 aliphatic rings. The smallest absolute Gasteiger partial charge is 0.250 e. The lowest BCUT2D eigenvalue weighted by molar-refractivity contribution is 1.07. The van der Waals surface area contributed by atoms with E-state index in [2.05, 4.69) is 4.98 Å². The first kappa shape index (κ1) is 9.48. The second-order valence-electron chi connectivity index (χ2n) is 3.12. The van der Waals surface area contributed by atoms with Gasteiger partial charge >= 0.3 is 0 Å². The van der Waals surface area contributed by atoms with E-state index in [-0.39, 0.29) is 5.56 Å². The molecule has 0 unspecified atom stereocenters.